The van der Waals surface area contributed by atoms with Crippen LogP contribution in [0.25, 0.3) is 11.3 Å². The molecule has 128 valence electrons. The summed E-state index contributed by atoms with van der Waals surface area (Å²) < 4.78 is 7.18. The molecule has 0 aliphatic heterocycles. The molecule has 0 atom stereocenters. The van der Waals surface area contributed by atoms with Gasteiger partial charge in [0.05, 0.1) is 12.8 Å². The van der Waals surface area contributed by atoms with Crippen LogP contribution in [0.4, 0.5) is 0 Å². The molecule has 1 aliphatic carbocycles. The van der Waals surface area contributed by atoms with E-state index < -0.39 is 0 Å². The number of hydrogen-bond acceptors (Lipinski definition) is 3. The molecule has 2 aromatic rings. The van der Waals surface area contributed by atoms with E-state index in [2.05, 4.69) is 10.4 Å². The molecule has 24 heavy (non-hydrogen) atoms. The Hall–Kier alpha value is -2.30. The van der Waals surface area contributed by atoms with Crippen LogP contribution in [0.15, 0.2) is 30.3 Å². The van der Waals surface area contributed by atoms with Gasteiger partial charge in [-0.2, -0.15) is 5.10 Å². The topological polar surface area (TPSA) is 56.2 Å². The summed E-state index contributed by atoms with van der Waals surface area (Å²) >= 11 is 0. The van der Waals surface area contributed by atoms with E-state index in [1.54, 1.807) is 11.8 Å². The fraction of sp³-hybridized carbons (Fsp3) is 0.474. The van der Waals surface area contributed by atoms with E-state index >= 15 is 0 Å². The van der Waals surface area contributed by atoms with Gasteiger partial charge in [0.25, 0.3) is 5.91 Å². The number of nitrogens with one attached hydrogen (secondary N) is 1. The molecular weight excluding hydrogens is 302 g/mol. The number of para-hydroxylation sites is 1. The molecule has 0 radical (unpaired) electrons. The number of carbonyl (C=O) groups is 1. The summed E-state index contributed by atoms with van der Waals surface area (Å²) in [4.78, 5) is 12.7. The van der Waals surface area contributed by atoms with Crippen LogP contribution in [-0.2, 0) is 6.54 Å². The molecule has 1 aromatic heterocycles. The first-order valence-electron chi connectivity index (χ1n) is 8.75. The van der Waals surface area contributed by atoms with Gasteiger partial charge in [0, 0.05) is 18.2 Å². The molecule has 1 heterocycles. The fourth-order valence-corrected chi connectivity index (χ4v) is 3.33. The molecule has 1 aliphatic rings. The lowest BCUT2D eigenvalue weighted by Gasteiger charge is -2.22. The van der Waals surface area contributed by atoms with Crippen molar-refractivity contribution in [3.05, 3.63) is 36.0 Å². The van der Waals surface area contributed by atoms with E-state index in [9.17, 15) is 4.79 Å². The van der Waals surface area contributed by atoms with Gasteiger partial charge in [-0.3, -0.25) is 9.48 Å². The summed E-state index contributed by atoms with van der Waals surface area (Å²) in [6, 6.07) is 9.90. The zero-order valence-electron chi connectivity index (χ0n) is 14.4. The number of amides is 1. The molecule has 5 heteroatoms. The Morgan fingerprint density at radius 2 is 2.04 bits per heavy atom. The number of rotatable bonds is 5. The maximum atomic E-state index is 12.7. The summed E-state index contributed by atoms with van der Waals surface area (Å²) in [5.41, 5.74) is 2.28. The molecule has 1 amide bonds. The highest BCUT2D eigenvalue weighted by molar-refractivity contribution is 5.94. The third-order valence-corrected chi connectivity index (χ3v) is 4.64. The summed E-state index contributed by atoms with van der Waals surface area (Å²) in [6.45, 7) is 2.65. The Morgan fingerprint density at radius 3 is 2.75 bits per heavy atom. The number of methoxy groups -OCH3 is 1. The van der Waals surface area contributed by atoms with E-state index in [0.29, 0.717) is 18.3 Å². The SMILES string of the molecule is CCn1nc(-c2ccccc2OC)cc1C(=O)NC1CCCCC1. The van der Waals surface area contributed by atoms with Crippen molar-refractivity contribution >= 4 is 5.91 Å². The normalized spacial score (nSPS) is 15.2. The van der Waals surface area contributed by atoms with Crippen molar-refractivity contribution in [2.75, 3.05) is 7.11 Å². The Kier molecular flexibility index (Phi) is 5.18. The minimum atomic E-state index is -0.0302. The van der Waals surface area contributed by atoms with E-state index in [1.807, 2.05) is 37.3 Å². The van der Waals surface area contributed by atoms with Gasteiger partial charge in [0.15, 0.2) is 0 Å². The Morgan fingerprint density at radius 1 is 1.29 bits per heavy atom. The van der Waals surface area contributed by atoms with Crippen LogP contribution >= 0.6 is 0 Å². The maximum Gasteiger partial charge on any atom is 0.269 e. The minimum absolute atomic E-state index is 0.0302. The molecule has 5 nitrogen and oxygen atoms in total. The van der Waals surface area contributed by atoms with Gasteiger partial charge in [-0.1, -0.05) is 31.4 Å². The average Bonchev–Trinajstić information content (AvgIpc) is 3.07. The standard InChI is InChI=1S/C19H25N3O2/c1-3-22-17(19(23)20-14-9-5-4-6-10-14)13-16(21-22)15-11-7-8-12-18(15)24-2/h7-8,11-14H,3-6,9-10H2,1-2H3,(H,20,23). The van der Waals surface area contributed by atoms with Gasteiger partial charge in [-0.15, -0.1) is 0 Å². The molecule has 1 fully saturated rings. The second-order valence-corrected chi connectivity index (χ2v) is 6.24. The smallest absolute Gasteiger partial charge is 0.269 e. The third-order valence-electron chi connectivity index (χ3n) is 4.64. The molecule has 0 unspecified atom stereocenters. The van der Waals surface area contributed by atoms with E-state index in [1.165, 1.54) is 19.3 Å². The lowest BCUT2D eigenvalue weighted by atomic mass is 9.95. The number of aryl methyl sites for hydroxylation is 1. The van der Waals surface area contributed by atoms with Crippen LogP contribution in [0.2, 0.25) is 0 Å². The molecule has 0 bridgehead atoms. The van der Waals surface area contributed by atoms with Gasteiger partial charge in [-0.25, -0.2) is 0 Å². The van der Waals surface area contributed by atoms with Crippen LogP contribution in [0.5, 0.6) is 5.75 Å². The minimum Gasteiger partial charge on any atom is -0.496 e. The van der Waals surface area contributed by atoms with Crippen LogP contribution in [0.1, 0.15) is 49.5 Å². The van der Waals surface area contributed by atoms with E-state index in [-0.39, 0.29) is 5.91 Å². The van der Waals surface area contributed by atoms with Gasteiger partial charge < -0.3 is 10.1 Å². The van der Waals surface area contributed by atoms with Crippen LogP contribution in [0, 0.1) is 0 Å². The monoisotopic (exact) mass is 327 g/mol. The predicted octanol–water partition coefficient (Wildman–Crippen LogP) is 3.64. The Balaban J connectivity index is 1.85. The Bertz CT molecular complexity index is 702. The summed E-state index contributed by atoms with van der Waals surface area (Å²) in [5, 5.41) is 7.77. The number of hydrogen-bond donors (Lipinski definition) is 1. The predicted molar refractivity (Wildman–Crippen MR) is 94.2 cm³/mol. The van der Waals surface area contributed by atoms with Crippen molar-refractivity contribution in [1.82, 2.24) is 15.1 Å². The lowest BCUT2D eigenvalue weighted by Crippen LogP contribution is -2.37. The average molecular weight is 327 g/mol. The van der Waals surface area contributed by atoms with Crippen molar-refractivity contribution < 1.29 is 9.53 Å². The van der Waals surface area contributed by atoms with Crippen molar-refractivity contribution in [2.45, 2.75) is 51.6 Å². The fourth-order valence-electron chi connectivity index (χ4n) is 3.33. The lowest BCUT2D eigenvalue weighted by molar-refractivity contribution is 0.0917. The number of ether oxygens (including phenoxy) is 1. The van der Waals surface area contributed by atoms with Gasteiger partial charge in [0.2, 0.25) is 0 Å². The molecule has 0 saturated heterocycles. The molecule has 1 N–H and O–H groups in total. The first-order chi connectivity index (χ1) is 11.7. The zero-order chi connectivity index (χ0) is 16.9. The van der Waals surface area contributed by atoms with Crippen molar-refractivity contribution in [3.8, 4) is 17.0 Å². The molecule has 3 rings (SSSR count). The van der Waals surface area contributed by atoms with Gasteiger partial charge >= 0.3 is 0 Å². The number of nitrogens with zero attached hydrogens (tertiary/aromatic N) is 2. The van der Waals surface area contributed by atoms with Crippen LogP contribution < -0.4 is 10.1 Å². The molecular formula is C19H25N3O2. The van der Waals surface area contributed by atoms with Crippen molar-refractivity contribution in [2.24, 2.45) is 0 Å². The molecule has 0 spiro atoms. The number of carbonyl (C=O) groups excluding carboxylic acids is 1. The van der Waals surface area contributed by atoms with Crippen LogP contribution in [0.3, 0.4) is 0 Å². The summed E-state index contributed by atoms with van der Waals surface area (Å²) in [5.74, 6) is 0.731. The first-order valence-corrected chi connectivity index (χ1v) is 8.75. The molecule has 1 aromatic carbocycles. The second-order valence-electron chi connectivity index (χ2n) is 6.24. The molecule has 1 saturated carbocycles. The zero-order valence-corrected chi connectivity index (χ0v) is 14.4. The quantitative estimate of drug-likeness (QED) is 0.912. The van der Waals surface area contributed by atoms with Crippen LogP contribution in [-0.4, -0.2) is 28.8 Å². The summed E-state index contributed by atoms with van der Waals surface area (Å²) in [6.07, 6.45) is 5.82. The summed E-state index contributed by atoms with van der Waals surface area (Å²) in [7, 11) is 1.65. The third kappa shape index (κ3) is 3.45. The first kappa shape index (κ1) is 16.6. The number of benzene rings is 1. The van der Waals surface area contributed by atoms with E-state index in [0.717, 1.165) is 29.8 Å². The second kappa shape index (κ2) is 7.51. The highest BCUT2D eigenvalue weighted by Gasteiger charge is 2.21. The van der Waals surface area contributed by atoms with Crippen molar-refractivity contribution in [1.29, 1.82) is 0 Å². The maximum absolute atomic E-state index is 12.7. The highest BCUT2D eigenvalue weighted by atomic mass is 16.5. The van der Waals surface area contributed by atoms with E-state index in [4.69, 9.17) is 4.74 Å². The van der Waals surface area contributed by atoms with Gasteiger partial charge in [-0.05, 0) is 38.0 Å². The van der Waals surface area contributed by atoms with Crippen molar-refractivity contribution in [3.63, 3.8) is 0 Å². The Labute approximate surface area is 143 Å². The largest absolute Gasteiger partial charge is 0.496 e. The highest BCUT2D eigenvalue weighted by Crippen LogP contribution is 2.29. The van der Waals surface area contributed by atoms with Gasteiger partial charge in [0.1, 0.15) is 11.4 Å². The number of aromatic nitrogens is 2.